The lowest BCUT2D eigenvalue weighted by molar-refractivity contribution is -0.0267. The minimum Gasteiger partial charge on any atom is -0.396 e. The lowest BCUT2D eigenvalue weighted by Crippen LogP contribution is -2.57. The first-order chi connectivity index (χ1) is 12.4. The second-order valence-corrected chi connectivity index (χ2v) is 6.20. The molecule has 1 aliphatic heterocycles. The first-order valence-electron chi connectivity index (χ1n) is 7.78. The highest BCUT2D eigenvalue weighted by Crippen LogP contribution is 2.33. The number of hydrogen-bond acceptors (Lipinski definition) is 8. The van der Waals surface area contributed by atoms with E-state index in [1.165, 1.54) is 4.90 Å². The second-order valence-electron chi connectivity index (χ2n) is 6.20. The standard InChI is InChI=1S/C16H13F2N7O/c1-8-11(12(20)13-14(21-8)24-26-23-13)4-10-3-2-9(5-19)15(22-10)25-6-16(17,18)7-25/h2-3H,4,6-7,20H2,1H3. The van der Waals surface area contributed by atoms with E-state index >= 15 is 0 Å². The zero-order valence-corrected chi connectivity index (χ0v) is 13.7. The molecule has 10 heteroatoms. The van der Waals surface area contributed by atoms with Gasteiger partial charge < -0.3 is 10.6 Å². The third-order valence-corrected chi connectivity index (χ3v) is 4.32. The average molecular weight is 357 g/mol. The lowest BCUT2D eigenvalue weighted by atomic mass is 10.0. The summed E-state index contributed by atoms with van der Waals surface area (Å²) in [5.74, 6) is -2.50. The molecule has 0 spiro atoms. The van der Waals surface area contributed by atoms with Crippen molar-refractivity contribution >= 4 is 22.7 Å². The van der Waals surface area contributed by atoms with Gasteiger partial charge in [-0.2, -0.15) is 5.26 Å². The predicted molar refractivity (Wildman–Crippen MR) is 87.7 cm³/mol. The first-order valence-corrected chi connectivity index (χ1v) is 7.78. The number of halogens is 2. The fourth-order valence-corrected chi connectivity index (χ4v) is 2.97. The molecule has 0 atom stereocenters. The normalized spacial score (nSPS) is 15.7. The molecule has 0 unspecified atom stereocenters. The van der Waals surface area contributed by atoms with Crippen LogP contribution >= 0.6 is 0 Å². The molecule has 2 N–H and O–H groups in total. The summed E-state index contributed by atoms with van der Waals surface area (Å²) in [6.45, 7) is 0.884. The number of rotatable bonds is 3. The molecule has 1 saturated heterocycles. The van der Waals surface area contributed by atoms with Crippen LogP contribution in [-0.2, 0) is 6.42 Å². The van der Waals surface area contributed by atoms with Crippen molar-refractivity contribution in [3.05, 3.63) is 34.6 Å². The van der Waals surface area contributed by atoms with Gasteiger partial charge in [0.05, 0.1) is 24.3 Å². The van der Waals surface area contributed by atoms with Gasteiger partial charge in [-0.05, 0) is 29.4 Å². The maximum atomic E-state index is 13.2. The molecule has 4 heterocycles. The van der Waals surface area contributed by atoms with Gasteiger partial charge in [0, 0.05) is 23.4 Å². The summed E-state index contributed by atoms with van der Waals surface area (Å²) >= 11 is 0. The zero-order valence-electron chi connectivity index (χ0n) is 13.7. The van der Waals surface area contributed by atoms with E-state index in [4.69, 9.17) is 5.73 Å². The molecule has 26 heavy (non-hydrogen) atoms. The van der Waals surface area contributed by atoms with Crippen LogP contribution in [0.2, 0.25) is 0 Å². The SMILES string of the molecule is Cc1nc2nonc2c(N)c1Cc1ccc(C#N)c(N2CC(F)(F)C2)n1. The van der Waals surface area contributed by atoms with Gasteiger partial charge in [0.25, 0.3) is 5.92 Å². The van der Waals surface area contributed by atoms with Crippen LogP contribution in [0.15, 0.2) is 16.8 Å². The number of fused-ring (bicyclic) bond motifs is 1. The molecule has 132 valence electrons. The van der Waals surface area contributed by atoms with Crippen molar-refractivity contribution in [1.82, 2.24) is 20.3 Å². The number of nitriles is 1. The van der Waals surface area contributed by atoms with E-state index in [1.807, 2.05) is 6.07 Å². The minimum absolute atomic E-state index is 0.253. The Morgan fingerprint density at radius 3 is 2.77 bits per heavy atom. The third kappa shape index (κ3) is 2.57. The van der Waals surface area contributed by atoms with Crippen molar-refractivity contribution in [1.29, 1.82) is 5.26 Å². The van der Waals surface area contributed by atoms with Crippen molar-refractivity contribution in [2.45, 2.75) is 19.3 Å². The first kappa shape index (κ1) is 16.1. The largest absolute Gasteiger partial charge is 0.396 e. The summed E-state index contributed by atoms with van der Waals surface area (Å²) in [7, 11) is 0. The van der Waals surface area contributed by atoms with Crippen LogP contribution in [0.1, 0.15) is 22.5 Å². The van der Waals surface area contributed by atoms with Gasteiger partial charge >= 0.3 is 0 Å². The number of pyridine rings is 2. The van der Waals surface area contributed by atoms with E-state index < -0.39 is 19.0 Å². The summed E-state index contributed by atoms with van der Waals surface area (Å²) in [6, 6.07) is 5.23. The second kappa shape index (κ2) is 5.59. The Balaban J connectivity index is 1.70. The van der Waals surface area contributed by atoms with E-state index in [0.29, 0.717) is 40.2 Å². The maximum absolute atomic E-state index is 13.2. The number of nitrogen functional groups attached to an aromatic ring is 1. The molecule has 0 saturated carbocycles. The summed E-state index contributed by atoms with van der Waals surface area (Å²) in [4.78, 5) is 10.1. The number of nitrogens with zero attached hydrogens (tertiary/aromatic N) is 6. The van der Waals surface area contributed by atoms with Gasteiger partial charge in [-0.1, -0.05) is 0 Å². The summed E-state index contributed by atoms with van der Waals surface area (Å²) in [5, 5.41) is 16.6. The molecule has 3 aromatic rings. The molecule has 1 fully saturated rings. The molecule has 4 rings (SSSR count). The van der Waals surface area contributed by atoms with E-state index in [0.717, 1.165) is 0 Å². The summed E-state index contributed by atoms with van der Waals surface area (Å²) in [6.07, 6.45) is 0.316. The number of nitrogens with two attached hydrogens (primary N) is 1. The molecule has 3 aromatic heterocycles. The number of aryl methyl sites for hydroxylation is 1. The quantitative estimate of drug-likeness (QED) is 0.754. The topological polar surface area (TPSA) is 118 Å². The van der Waals surface area contributed by atoms with Crippen molar-refractivity contribution in [2.24, 2.45) is 0 Å². The molecular weight excluding hydrogens is 344 g/mol. The minimum atomic E-state index is -2.75. The fourth-order valence-electron chi connectivity index (χ4n) is 2.97. The monoisotopic (exact) mass is 357 g/mol. The molecular formula is C16H13F2N7O. The smallest absolute Gasteiger partial charge is 0.282 e. The van der Waals surface area contributed by atoms with Crippen LogP contribution in [0.5, 0.6) is 0 Å². The van der Waals surface area contributed by atoms with Gasteiger partial charge in [0.1, 0.15) is 11.9 Å². The van der Waals surface area contributed by atoms with Crippen molar-refractivity contribution in [2.75, 3.05) is 23.7 Å². The number of alkyl halides is 2. The van der Waals surface area contributed by atoms with Crippen LogP contribution in [-0.4, -0.2) is 39.3 Å². The fraction of sp³-hybridized carbons (Fsp3) is 0.312. The predicted octanol–water partition coefficient (Wildman–Crippen LogP) is 1.82. The molecule has 0 bridgehead atoms. The Hall–Kier alpha value is -3.35. The van der Waals surface area contributed by atoms with Gasteiger partial charge in [0.2, 0.25) is 5.65 Å². The average Bonchev–Trinajstić information content (AvgIpc) is 3.04. The summed E-state index contributed by atoms with van der Waals surface area (Å²) < 4.78 is 31.0. The summed E-state index contributed by atoms with van der Waals surface area (Å²) in [5.41, 5.74) is 9.40. The Bertz CT molecular complexity index is 1050. The molecule has 1 aliphatic rings. The van der Waals surface area contributed by atoms with Gasteiger partial charge in [-0.25, -0.2) is 23.4 Å². The molecule has 0 amide bonds. The highest BCUT2D eigenvalue weighted by molar-refractivity contribution is 5.85. The van der Waals surface area contributed by atoms with E-state index in [9.17, 15) is 14.0 Å². The van der Waals surface area contributed by atoms with Crippen LogP contribution in [0.4, 0.5) is 20.3 Å². The Morgan fingerprint density at radius 1 is 1.31 bits per heavy atom. The molecule has 0 aromatic carbocycles. The molecule has 8 nitrogen and oxygen atoms in total. The third-order valence-electron chi connectivity index (χ3n) is 4.32. The number of anilines is 2. The highest BCUT2D eigenvalue weighted by atomic mass is 19.3. The van der Waals surface area contributed by atoms with E-state index in [-0.39, 0.29) is 11.4 Å². The van der Waals surface area contributed by atoms with Crippen LogP contribution in [0, 0.1) is 18.3 Å². The Morgan fingerprint density at radius 2 is 2.08 bits per heavy atom. The van der Waals surface area contributed by atoms with Gasteiger partial charge in [-0.15, -0.1) is 0 Å². The molecule has 0 radical (unpaired) electrons. The Labute approximate surface area is 146 Å². The number of aromatic nitrogens is 4. The van der Waals surface area contributed by atoms with Crippen molar-refractivity contribution in [3.63, 3.8) is 0 Å². The lowest BCUT2D eigenvalue weighted by Gasteiger charge is -2.40. The Kier molecular flexibility index (Phi) is 3.47. The van der Waals surface area contributed by atoms with Crippen molar-refractivity contribution < 1.29 is 13.4 Å². The zero-order chi connectivity index (χ0) is 18.5. The van der Waals surface area contributed by atoms with Crippen molar-refractivity contribution in [3.8, 4) is 6.07 Å². The van der Waals surface area contributed by atoms with Gasteiger partial charge in [0.15, 0.2) is 5.52 Å². The van der Waals surface area contributed by atoms with Crippen LogP contribution in [0.25, 0.3) is 11.2 Å². The van der Waals surface area contributed by atoms with E-state index in [2.05, 4.69) is 24.9 Å². The van der Waals surface area contributed by atoms with Crippen LogP contribution in [0.3, 0.4) is 0 Å². The highest BCUT2D eigenvalue weighted by Gasteiger charge is 2.45. The van der Waals surface area contributed by atoms with Crippen LogP contribution < -0.4 is 10.6 Å². The van der Waals surface area contributed by atoms with E-state index in [1.54, 1.807) is 19.1 Å². The van der Waals surface area contributed by atoms with Gasteiger partial charge in [-0.3, -0.25) is 0 Å². The number of hydrogen-bond donors (Lipinski definition) is 1. The molecule has 0 aliphatic carbocycles. The maximum Gasteiger partial charge on any atom is 0.282 e.